The highest BCUT2D eigenvalue weighted by Gasteiger charge is 2.24. The van der Waals surface area contributed by atoms with Crippen LogP contribution in [0, 0.1) is 0 Å². The first-order chi connectivity index (χ1) is 11.2. The smallest absolute Gasteiger partial charge is 0.223 e. The molecule has 0 radical (unpaired) electrons. The zero-order valence-electron chi connectivity index (χ0n) is 13.1. The maximum absolute atomic E-state index is 12.1. The van der Waals surface area contributed by atoms with Crippen LogP contribution >= 0.6 is 0 Å². The van der Waals surface area contributed by atoms with Crippen LogP contribution in [0.15, 0.2) is 60.7 Å². The van der Waals surface area contributed by atoms with Crippen LogP contribution < -0.4 is 10.2 Å². The first-order valence-corrected chi connectivity index (χ1v) is 8.05. The highest BCUT2D eigenvalue weighted by molar-refractivity contribution is 5.77. The summed E-state index contributed by atoms with van der Waals surface area (Å²) in [6.07, 6.45) is 0.288. The summed E-state index contributed by atoms with van der Waals surface area (Å²) in [6.45, 7) is 1.76. The van der Waals surface area contributed by atoms with Crippen LogP contribution in [0.3, 0.4) is 0 Å². The number of amides is 1. The van der Waals surface area contributed by atoms with Crippen molar-refractivity contribution in [1.82, 2.24) is 5.32 Å². The van der Waals surface area contributed by atoms with Crippen LogP contribution in [0.4, 0.5) is 5.69 Å². The van der Waals surface area contributed by atoms with Crippen LogP contribution in [-0.2, 0) is 4.79 Å². The molecular weight excluding hydrogens is 288 g/mol. The highest BCUT2D eigenvalue weighted by atomic mass is 16.3. The first kappa shape index (κ1) is 15.6. The molecule has 2 aromatic carbocycles. The monoisotopic (exact) mass is 310 g/mol. The fourth-order valence-corrected chi connectivity index (χ4v) is 3.01. The number of benzene rings is 2. The van der Waals surface area contributed by atoms with Gasteiger partial charge in [0.1, 0.15) is 0 Å². The van der Waals surface area contributed by atoms with E-state index in [2.05, 4.69) is 22.3 Å². The molecule has 1 saturated heterocycles. The summed E-state index contributed by atoms with van der Waals surface area (Å²) >= 11 is 0. The van der Waals surface area contributed by atoms with Crippen LogP contribution in [0.1, 0.15) is 24.5 Å². The lowest BCUT2D eigenvalue weighted by molar-refractivity contribution is -0.123. The van der Waals surface area contributed by atoms with Crippen molar-refractivity contribution >= 4 is 11.6 Å². The fourth-order valence-electron chi connectivity index (χ4n) is 3.01. The van der Waals surface area contributed by atoms with E-state index in [9.17, 15) is 9.90 Å². The van der Waals surface area contributed by atoms with Crippen LogP contribution in [0.5, 0.6) is 0 Å². The molecule has 0 aromatic heterocycles. The molecular formula is C19H22N2O2. The fraction of sp³-hybridized carbons (Fsp3) is 0.316. The zero-order chi connectivity index (χ0) is 16.1. The summed E-state index contributed by atoms with van der Waals surface area (Å²) in [7, 11) is 0. The second-order valence-electron chi connectivity index (χ2n) is 5.97. The number of aliphatic hydroxyl groups is 1. The quantitative estimate of drug-likeness (QED) is 0.892. The number of anilines is 1. The van der Waals surface area contributed by atoms with Gasteiger partial charge in [0.05, 0.1) is 12.5 Å². The molecule has 2 unspecified atom stereocenters. The van der Waals surface area contributed by atoms with Gasteiger partial charge in [0.25, 0.3) is 0 Å². The van der Waals surface area contributed by atoms with Crippen molar-refractivity contribution in [1.29, 1.82) is 0 Å². The van der Waals surface area contributed by atoms with Crippen molar-refractivity contribution in [3.8, 4) is 0 Å². The van der Waals surface area contributed by atoms with E-state index in [1.807, 2.05) is 48.5 Å². The molecule has 0 bridgehead atoms. The summed E-state index contributed by atoms with van der Waals surface area (Å²) in [4.78, 5) is 14.4. The summed E-state index contributed by atoms with van der Waals surface area (Å²) in [5, 5.41) is 13.2. The number of nitrogens with zero attached hydrogens (tertiary/aromatic N) is 1. The van der Waals surface area contributed by atoms with E-state index in [-0.39, 0.29) is 18.4 Å². The molecule has 4 nitrogen and oxygen atoms in total. The van der Waals surface area contributed by atoms with E-state index < -0.39 is 6.10 Å². The van der Waals surface area contributed by atoms with Gasteiger partial charge in [-0.05, 0) is 24.1 Å². The van der Waals surface area contributed by atoms with Crippen molar-refractivity contribution in [3.63, 3.8) is 0 Å². The number of para-hydroxylation sites is 1. The van der Waals surface area contributed by atoms with E-state index >= 15 is 0 Å². The number of hydrogen-bond donors (Lipinski definition) is 2. The number of hydrogen-bond acceptors (Lipinski definition) is 3. The first-order valence-electron chi connectivity index (χ1n) is 8.05. The number of carbonyl (C=O) groups is 1. The summed E-state index contributed by atoms with van der Waals surface area (Å²) in [5.74, 6) is -0.0961. The Morgan fingerprint density at radius 1 is 1.13 bits per heavy atom. The van der Waals surface area contributed by atoms with E-state index in [0.29, 0.717) is 0 Å². The van der Waals surface area contributed by atoms with Crippen molar-refractivity contribution < 1.29 is 9.90 Å². The molecule has 23 heavy (non-hydrogen) atoms. The molecule has 1 fully saturated rings. The maximum Gasteiger partial charge on any atom is 0.223 e. The second-order valence-corrected chi connectivity index (χ2v) is 5.97. The number of aliphatic hydroxyl groups excluding tert-OH is 1. The molecule has 120 valence electrons. The zero-order valence-corrected chi connectivity index (χ0v) is 13.1. The van der Waals surface area contributed by atoms with E-state index in [4.69, 9.17) is 0 Å². The van der Waals surface area contributed by atoms with Gasteiger partial charge in [0, 0.05) is 24.8 Å². The minimum atomic E-state index is -0.747. The maximum atomic E-state index is 12.1. The lowest BCUT2D eigenvalue weighted by atomic mass is 10.1. The Morgan fingerprint density at radius 2 is 1.78 bits per heavy atom. The SMILES string of the molecule is O=C(CC(O)c1ccccc1)NC1CCN(c2ccccc2)C1. The van der Waals surface area contributed by atoms with E-state index in [1.165, 1.54) is 5.69 Å². The molecule has 2 atom stereocenters. The molecule has 0 aliphatic carbocycles. The predicted octanol–water partition coefficient (Wildman–Crippen LogP) is 2.51. The van der Waals surface area contributed by atoms with Gasteiger partial charge in [-0.3, -0.25) is 4.79 Å². The van der Waals surface area contributed by atoms with Crippen molar-refractivity contribution in [2.75, 3.05) is 18.0 Å². The minimum Gasteiger partial charge on any atom is -0.388 e. The Morgan fingerprint density at radius 3 is 2.48 bits per heavy atom. The Balaban J connectivity index is 1.49. The molecule has 1 heterocycles. The summed E-state index contributed by atoms with van der Waals surface area (Å²) < 4.78 is 0. The molecule has 3 rings (SSSR count). The number of nitrogens with one attached hydrogen (secondary N) is 1. The van der Waals surface area contributed by atoms with Gasteiger partial charge in [-0.15, -0.1) is 0 Å². The number of carbonyl (C=O) groups excluding carboxylic acids is 1. The third-order valence-electron chi connectivity index (χ3n) is 4.24. The second kappa shape index (κ2) is 7.29. The molecule has 1 aliphatic rings. The predicted molar refractivity (Wildman–Crippen MR) is 91.2 cm³/mol. The van der Waals surface area contributed by atoms with Crippen LogP contribution in [-0.4, -0.2) is 30.1 Å². The third kappa shape index (κ3) is 4.11. The Kier molecular flexibility index (Phi) is 4.93. The van der Waals surface area contributed by atoms with Crippen LogP contribution in [0.25, 0.3) is 0 Å². The van der Waals surface area contributed by atoms with E-state index in [1.54, 1.807) is 0 Å². The third-order valence-corrected chi connectivity index (χ3v) is 4.24. The molecule has 4 heteroatoms. The summed E-state index contributed by atoms with van der Waals surface area (Å²) in [5.41, 5.74) is 1.97. The molecule has 2 aromatic rings. The van der Waals surface area contributed by atoms with Gasteiger partial charge in [0.2, 0.25) is 5.91 Å². The Bertz CT molecular complexity index is 630. The van der Waals surface area contributed by atoms with Gasteiger partial charge >= 0.3 is 0 Å². The highest BCUT2D eigenvalue weighted by Crippen LogP contribution is 2.20. The molecule has 1 aliphatic heterocycles. The average molecular weight is 310 g/mol. The lowest BCUT2D eigenvalue weighted by Gasteiger charge is -2.19. The minimum absolute atomic E-state index is 0.0961. The topological polar surface area (TPSA) is 52.6 Å². The Labute approximate surface area is 136 Å². The largest absolute Gasteiger partial charge is 0.388 e. The normalized spacial score (nSPS) is 18.7. The standard InChI is InChI=1S/C19H22N2O2/c22-18(15-7-3-1-4-8-15)13-19(23)20-16-11-12-21(14-16)17-9-5-2-6-10-17/h1-10,16,18,22H,11-14H2,(H,20,23). The molecule has 1 amide bonds. The summed E-state index contributed by atoms with van der Waals surface area (Å²) in [6, 6.07) is 19.7. The van der Waals surface area contributed by atoms with Gasteiger partial charge in [0.15, 0.2) is 0 Å². The molecule has 0 spiro atoms. The lowest BCUT2D eigenvalue weighted by Crippen LogP contribution is -2.37. The van der Waals surface area contributed by atoms with Crippen molar-refractivity contribution in [2.24, 2.45) is 0 Å². The van der Waals surface area contributed by atoms with Crippen LogP contribution in [0.2, 0.25) is 0 Å². The van der Waals surface area contributed by atoms with E-state index in [0.717, 1.165) is 25.1 Å². The molecule has 2 N–H and O–H groups in total. The van der Waals surface area contributed by atoms with Crippen molar-refractivity contribution in [3.05, 3.63) is 66.2 Å². The van der Waals surface area contributed by atoms with Gasteiger partial charge in [-0.25, -0.2) is 0 Å². The van der Waals surface area contributed by atoms with Crippen molar-refractivity contribution in [2.45, 2.75) is 25.0 Å². The van der Waals surface area contributed by atoms with Gasteiger partial charge < -0.3 is 15.3 Å². The molecule has 0 saturated carbocycles. The van der Waals surface area contributed by atoms with Gasteiger partial charge in [-0.2, -0.15) is 0 Å². The average Bonchev–Trinajstić information content (AvgIpc) is 3.04. The Hall–Kier alpha value is -2.33. The van der Waals surface area contributed by atoms with Gasteiger partial charge in [-0.1, -0.05) is 48.5 Å². The number of rotatable bonds is 5.